The summed E-state index contributed by atoms with van der Waals surface area (Å²) >= 11 is 0. The van der Waals surface area contributed by atoms with Crippen LogP contribution in [-0.4, -0.2) is 0 Å². The van der Waals surface area contributed by atoms with Gasteiger partial charge in [0.1, 0.15) is 74.1 Å². The minimum atomic E-state index is 0.296. The summed E-state index contributed by atoms with van der Waals surface area (Å²) in [5.41, 5.74) is 6.15. The van der Waals surface area contributed by atoms with Gasteiger partial charge < -0.3 is 28.4 Å². The molecule has 0 saturated heterocycles. The molecule has 7 rings (SSSR count). The first-order valence-corrected chi connectivity index (χ1v) is 17.9. The summed E-state index contributed by atoms with van der Waals surface area (Å²) < 4.78 is 37.2. The van der Waals surface area contributed by atoms with E-state index in [0.29, 0.717) is 74.1 Å². The Balaban J connectivity index is 1.01. The summed E-state index contributed by atoms with van der Waals surface area (Å²) in [7, 11) is 0. The lowest BCUT2D eigenvalue weighted by molar-refractivity contribution is 0.276. The molecule has 0 heterocycles. The molecular weight excluding hydrogens is 673 g/mol. The van der Waals surface area contributed by atoms with Gasteiger partial charge >= 0.3 is 0 Å². The van der Waals surface area contributed by atoms with Gasteiger partial charge in [-0.05, 0) is 75.8 Å². The van der Waals surface area contributed by atoms with E-state index < -0.39 is 0 Å². The van der Waals surface area contributed by atoms with Gasteiger partial charge in [0.2, 0.25) is 0 Å². The molecule has 54 heavy (non-hydrogen) atoms. The van der Waals surface area contributed by atoms with Crippen molar-refractivity contribution in [2.75, 3.05) is 0 Å². The number of hydrogen-bond acceptors (Lipinski definition) is 6. The highest BCUT2D eigenvalue weighted by atomic mass is 16.5. The second kappa shape index (κ2) is 18.7. The molecule has 7 aromatic rings. The molecule has 269 valence electrons. The number of rotatable bonds is 18. The molecule has 0 saturated carbocycles. The first-order valence-electron chi connectivity index (χ1n) is 17.9. The standard InChI is InChI=1S/C48H41O6/c1-5-14-37(15-6-1)31-51-45-24-41(25-46(29-45)52-32-38-16-7-2-8-17-38)35-49-43-22-13-23-44(28-43)50-36-42-26-47(53-33-39-18-9-3-10-19-39)30-48(27-42)54-34-40-20-11-4-12-21-40/h1-12,14-30H,31-36H2. The monoisotopic (exact) mass is 713 g/mol. The number of ether oxygens (including phenoxy) is 6. The molecule has 0 aliphatic carbocycles. The maximum Gasteiger partial charge on any atom is 0.124 e. The summed E-state index contributed by atoms with van der Waals surface area (Å²) in [5.74, 6) is 4.06. The van der Waals surface area contributed by atoms with Gasteiger partial charge in [0, 0.05) is 18.2 Å². The van der Waals surface area contributed by atoms with Crippen LogP contribution in [0.2, 0.25) is 0 Å². The lowest BCUT2D eigenvalue weighted by Gasteiger charge is -2.15. The van der Waals surface area contributed by atoms with Crippen molar-refractivity contribution in [1.82, 2.24) is 0 Å². The van der Waals surface area contributed by atoms with Crippen LogP contribution in [-0.2, 0) is 39.6 Å². The lowest BCUT2D eigenvalue weighted by Crippen LogP contribution is -2.02. The Morgan fingerprint density at radius 2 is 0.500 bits per heavy atom. The van der Waals surface area contributed by atoms with Crippen LogP contribution in [0.4, 0.5) is 0 Å². The van der Waals surface area contributed by atoms with Crippen molar-refractivity contribution in [2.24, 2.45) is 0 Å². The highest BCUT2D eigenvalue weighted by Gasteiger charge is 2.09. The normalized spacial score (nSPS) is 10.7. The van der Waals surface area contributed by atoms with Crippen LogP contribution in [0.15, 0.2) is 176 Å². The Hall–Kier alpha value is -6.66. The zero-order valence-electron chi connectivity index (χ0n) is 29.9. The van der Waals surface area contributed by atoms with Gasteiger partial charge in [-0.15, -0.1) is 0 Å². The van der Waals surface area contributed by atoms with E-state index in [1.54, 1.807) is 12.1 Å². The first kappa shape index (κ1) is 35.7. The molecule has 0 atom stereocenters. The third kappa shape index (κ3) is 11.2. The fraction of sp³-hybridized carbons (Fsp3) is 0.125. The van der Waals surface area contributed by atoms with Crippen molar-refractivity contribution in [2.45, 2.75) is 39.6 Å². The molecule has 0 unspecified atom stereocenters. The molecule has 6 heteroatoms. The zero-order valence-corrected chi connectivity index (χ0v) is 29.9. The van der Waals surface area contributed by atoms with E-state index in [1.165, 1.54) is 0 Å². The van der Waals surface area contributed by atoms with Crippen molar-refractivity contribution in [3.63, 3.8) is 0 Å². The van der Waals surface area contributed by atoms with Crippen molar-refractivity contribution >= 4 is 0 Å². The fourth-order valence-electron chi connectivity index (χ4n) is 5.65. The maximum absolute atomic E-state index is 6.24. The molecule has 0 aromatic heterocycles. The first-order chi connectivity index (χ1) is 26.7. The van der Waals surface area contributed by atoms with Crippen molar-refractivity contribution in [3.8, 4) is 34.5 Å². The van der Waals surface area contributed by atoms with Crippen LogP contribution in [0.25, 0.3) is 0 Å². The van der Waals surface area contributed by atoms with Crippen LogP contribution >= 0.6 is 0 Å². The Labute approximate surface area is 317 Å². The second-order valence-electron chi connectivity index (χ2n) is 12.7. The minimum absolute atomic E-state index is 0.296. The Bertz CT molecular complexity index is 1900. The summed E-state index contributed by atoms with van der Waals surface area (Å²) in [5, 5.41) is 0. The largest absolute Gasteiger partial charge is 0.489 e. The van der Waals surface area contributed by atoms with Gasteiger partial charge in [-0.2, -0.15) is 0 Å². The third-order valence-electron chi connectivity index (χ3n) is 8.42. The van der Waals surface area contributed by atoms with E-state index in [9.17, 15) is 0 Å². The van der Waals surface area contributed by atoms with E-state index in [4.69, 9.17) is 28.4 Å². The van der Waals surface area contributed by atoms with Crippen LogP contribution in [0.5, 0.6) is 34.5 Å². The molecule has 0 aliphatic heterocycles. The highest BCUT2D eigenvalue weighted by molar-refractivity contribution is 5.41. The van der Waals surface area contributed by atoms with Gasteiger partial charge in [0.25, 0.3) is 0 Å². The van der Waals surface area contributed by atoms with Crippen molar-refractivity contribution < 1.29 is 28.4 Å². The summed E-state index contributed by atoms with van der Waals surface area (Å²) in [4.78, 5) is 0. The molecule has 0 spiro atoms. The van der Waals surface area contributed by atoms with Crippen molar-refractivity contribution in [3.05, 3.63) is 215 Å². The zero-order chi connectivity index (χ0) is 36.6. The average Bonchev–Trinajstić information content (AvgIpc) is 3.23. The molecule has 1 radical (unpaired) electrons. The second-order valence-corrected chi connectivity index (χ2v) is 12.7. The SMILES string of the molecule is [c]1cc(OCc2cc(OCc3ccccc3)cc(OCc3ccccc3)c2)cc(OCc2cc(OCc3ccccc3)cc(OCc3ccccc3)c2)c1. The molecule has 0 aliphatic rings. The van der Waals surface area contributed by atoms with Crippen LogP contribution in [0.1, 0.15) is 33.4 Å². The Morgan fingerprint density at radius 3 is 0.796 bits per heavy atom. The Morgan fingerprint density at radius 1 is 0.259 bits per heavy atom. The van der Waals surface area contributed by atoms with E-state index in [0.717, 1.165) is 33.4 Å². The highest BCUT2D eigenvalue weighted by Crippen LogP contribution is 2.29. The van der Waals surface area contributed by atoms with Gasteiger partial charge in [-0.25, -0.2) is 0 Å². The Kier molecular flexibility index (Phi) is 12.4. The molecule has 6 nitrogen and oxygen atoms in total. The summed E-state index contributed by atoms with van der Waals surface area (Å²) in [6, 6.07) is 60.7. The minimum Gasteiger partial charge on any atom is -0.489 e. The fourth-order valence-corrected chi connectivity index (χ4v) is 5.65. The molecule has 0 N–H and O–H groups in total. The predicted octanol–water partition coefficient (Wildman–Crippen LogP) is 11.0. The predicted molar refractivity (Wildman–Crippen MR) is 210 cm³/mol. The molecule has 7 aromatic carbocycles. The van der Waals surface area contributed by atoms with Crippen LogP contribution in [0, 0.1) is 6.07 Å². The van der Waals surface area contributed by atoms with Gasteiger partial charge in [-0.1, -0.05) is 121 Å². The van der Waals surface area contributed by atoms with Crippen LogP contribution < -0.4 is 28.4 Å². The van der Waals surface area contributed by atoms with Gasteiger partial charge in [-0.3, -0.25) is 0 Å². The van der Waals surface area contributed by atoms with E-state index in [1.807, 2.05) is 164 Å². The van der Waals surface area contributed by atoms with Crippen molar-refractivity contribution in [1.29, 1.82) is 0 Å². The van der Waals surface area contributed by atoms with Gasteiger partial charge in [0.05, 0.1) is 0 Å². The number of hydrogen-bond donors (Lipinski definition) is 0. The maximum atomic E-state index is 6.24. The van der Waals surface area contributed by atoms with E-state index >= 15 is 0 Å². The molecular formula is C48H41O6. The van der Waals surface area contributed by atoms with Gasteiger partial charge in [0.15, 0.2) is 0 Å². The lowest BCUT2D eigenvalue weighted by atomic mass is 10.2. The van der Waals surface area contributed by atoms with Crippen LogP contribution in [0.3, 0.4) is 0 Å². The molecule has 0 bridgehead atoms. The summed E-state index contributed by atoms with van der Waals surface area (Å²) in [6.45, 7) is 2.37. The molecule has 0 amide bonds. The topological polar surface area (TPSA) is 55.4 Å². The smallest absolute Gasteiger partial charge is 0.124 e. The third-order valence-corrected chi connectivity index (χ3v) is 8.42. The van der Waals surface area contributed by atoms with E-state index in [2.05, 4.69) is 6.07 Å². The number of benzene rings is 7. The molecule has 0 fully saturated rings. The summed E-state index contributed by atoms with van der Waals surface area (Å²) in [6.07, 6.45) is 0. The average molecular weight is 714 g/mol. The van der Waals surface area contributed by atoms with E-state index in [-0.39, 0.29) is 0 Å². The quantitative estimate of drug-likeness (QED) is 0.0882.